The fourth-order valence-corrected chi connectivity index (χ4v) is 6.19. The van der Waals surface area contributed by atoms with E-state index in [1.54, 1.807) is 103 Å². The normalized spacial score (nSPS) is 10.2. The van der Waals surface area contributed by atoms with Crippen molar-refractivity contribution in [1.29, 1.82) is 0 Å². The Hall–Kier alpha value is -2.05. The van der Waals surface area contributed by atoms with Crippen molar-refractivity contribution in [3.05, 3.63) is 120 Å². The molecule has 0 saturated heterocycles. The number of para-hydroxylation sites is 2. The van der Waals surface area contributed by atoms with E-state index in [4.69, 9.17) is 18.5 Å². The second kappa shape index (κ2) is 32.0. The summed E-state index contributed by atoms with van der Waals surface area (Å²) in [7, 11) is -5.07. The van der Waals surface area contributed by atoms with Crippen LogP contribution in [0.1, 0.15) is 74.4 Å². The van der Waals surface area contributed by atoms with Crippen LogP contribution in [0.3, 0.4) is 0 Å². The first-order valence-corrected chi connectivity index (χ1v) is 20.5. The van der Waals surface area contributed by atoms with Gasteiger partial charge in [0.15, 0.2) is 23.1 Å². The SMILES string of the molecule is C.C.CC(C)(C)[O-].CCOP(=O)(Cc1ccc(F)c(Oc2ccccc2)c1)OCC.CCO[P+](=O)OCC.Fc1ccc(CBr)cc1Oc1ccccc1.[Na+]. The molecular weight excluding hydrogens is 827 g/mol. The number of ether oxygens (including phenoxy) is 2. The fourth-order valence-electron chi connectivity index (χ4n) is 3.66. The minimum Gasteiger partial charge on any atom is -0.850 e. The van der Waals surface area contributed by atoms with Gasteiger partial charge in [-0.3, -0.25) is 4.57 Å². The first-order valence-electron chi connectivity index (χ1n) is 16.6. The Morgan fingerprint density at radius 2 is 1.04 bits per heavy atom. The van der Waals surface area contributed by atoms with E-state index >= 15 is 0 Å². The van der Waals surface area contributed by atoms with Crippen molar-refractivity contribution in [3.63, 3.8) is 0 Å². The number of benzene rings is 4. The largest absolute Gasteiger partial charge is 1.00 e. The summed E-state index contributed by atoms with van der Waals surface area (Å²) in [5, 5.41) is 10.8. The van der Waals surface area contributed by atoms with Crippen LogP contribution in [-0.4, -0.2) is 32.0 Å². The molecule has 0 heterocycles. The molecule has 0 spiro atoms. The van der Waals surface area contributed by atoms with Crippen molar-refractivity contribution >= 4 is 31.8 Å². The smallest absolute Gasteiger partial charge is 0.850 e. The molecule has 0 aliphatic rings. The van der Waals surface area contributed by atoms with E-state index in [0.29, 0.717) is 35.6 Å². The Morgan fingerprint density at radius 3 is 1.38 bits per heavy atom. The molecule has 4 aromatic rings. The Balaban J connectivity index is -0.000000736. The summed E-state index contributed by atoms with van der Waals surface area (Å²) < 4.78 is 80.9. The van der Waals surface area contributed by atoms with E-state index in [-0.39, 0.29) is 81.1 Å². The average Bonchev–Trinajstić information content (AvgIpc) is 3.08. The molecule has 55 heavy (non-hydrogen) atoms. The molecule has 4 rings (SSSR count). The molecule has 0 saturated carbocycles. The molecule has 0 unspecified atom stereocenters. The maximum Gasteiger partial charge on any atom is 1.00 e. The molecule has 0 radical (unpaired) electrons. The van der Waals surface area contributed by atoms with E-state index < -0.39 is 27.3 Å². The Kier molecular flexibility index (Phi) is 33.3. The first-order chi connectivity index (χ1) is 24.7. The molecule has 15 heteroatoms. The van der Waals surface area contributed by atoms with Crippen LogP contribution in [0, 0.1) is 11.6 Å². The number of halogens is 3. The number of rotatable bonds is 15. The van der Waals surface area contributed by atoms with Gasteiger partial charge in [0.1, 0.15) is 24.7 Å². The zero-order valence-corrected chi connectivity index (χ0v) is 37.1. The molecule has 0 fully saturated rings. The van der Waals surface area contributed by atoms with Gasteiger partial charge in [-0.1, -0.05) is 100 Å². The van der Waals surface area contributed by atoms with Crippen molar-refractivity contribution in [3.8, 4) is 23.0 Å². The summed E-state index contributed by atoms with van der Waals surface area (Å²) in [6.45, 7) is 13.4. The van der Waals surface area contributed by atoms with E-state index in [2.05, 4.69) is 25.0 Å². The molecule has 0 atom stereocenters. The van der Waals surface area contributed by atoms with Crippen LogP contribution in [0.25, 0.3) is 0 Å². The second-order valence-corrected chi connectivity index (χ2v) is 14.8. The number of hydrogen-bond acceptors (Lipinski definition) is 9. The monoisotopic (exact) mass is 883 g/mol. The maximum atomic E-state index is 13.9. The molecule has 9 nitrogen and oxygen atoms in total. The third-order valence-electron chi connectivity index (χ3n) is 5.58. The molecule has 0 aromatic heterocycles. The first kappa shape index (κ1) is 57.3. The van der Waals surface area contributed by atoms with Gasteiger partial charge in [0.25, 0.3) is 0 Å². The molecule has 0 bridgehead atoms. The zero-order valence-electron chi connectivity index (χ0n) is 31.7. The molecule has 0 amide bonds. The Bertz CT molecular complexity index is 1610. The molecule has 0 aliphatic heterocycles. The van der Waals surface area contributed by atoms with Crippen LogP contribution in [0.15, 0.2) is 97.1 Å². The van der Waals surface area contributed by atoms with E-state index in [0.717, 1.165) is 5.56 Å². The van der Waals surface area contributed by atoms with Gasteiger partial charge in [-0.15, -0.1) is 14.6 Å². The predicted molar refractivity (Wildman–Crippen MR) is 217 cm³/mol. The van der Waals surface area contributed by atoms with E-state index in [1.165, 1.54) is 18.2 Å². The van der Waals surface area contributed by atoms with Gasteiger partial charge < -0.3 is 23.6 Å². The topological polar surface area (TPSA) is 113 Å². The van der Waals surface area contributed by atoms with Gasteiger partial charge in [-0.2, -0.15) is 0 Å². The average molecular weight is 885 g/mol. The Labute approximate surface area is 359 Å². The molecule has 0 aliphatic carbocycles. The van der Waals surface area contributed by atoms with Crippen LogP contribution in [0.4, 0.5) is 8.78 Å². The van der Waals surface area contributed by atoms with Crippen LogP contribution in [0.2, 0.25) is 0 Å². The minimum absolute atomic E-state index is 0. The van der Waals surface area contributed by atoms with Gasteiger partial charge >= 0.3 is 45.4 Å². The van der Waals surface area contributed by atoms with Crippen LogP contribution >= 0.6 is 31.8 Å². The summed E-state index contributed by atoms with van der Waals surface area (Å²) in [4.78, 5) is 0. The van der Waals surface area contributed by atoms with Crippen molar-refractivity contribution in [2.24, 2.45) is 0 Å². The zero-order chi connectivity index (χ0) is 39.0. The summed E-state index contributed by atoms with van der Waals surface area (Å²) in [6, 6.07) is 27.3. The molecule has 302 valence electrons. The van der Waals surface area contributed by atoms with Crippen molar-refractivity contribution in [1.82, 2.24) is 0 Å². The summed E-state index contributed by atoms with van der Waals surface area (Å²) in [6.07, 6.45) is 0.0696. The quantitative estimate of drug-likeness (QED) is 0.0654. The van der Waals surface area contributed by atoms with Crippen molar-refractivity contribution in [2.45, 2.75) is 80.4 Å². The number of hydrogen-bond donors (Lipinski definition) is 0. The van der Waals surface area contributed by atoms with E-state index in [9.17, 15) is 23.0 Å². The standard InChI is InChI=1S/C17H20FO4P.C13H10BrFO.C4H10O3P.C4H9O.2CH4.Na/c1-3-20-23(19,21-4-2)13-14-10-11-16(18)17(12-14)22-15-8-6-5-7-9-15;14-9-10-6-7-12(15)13(8-10)16-11-4-2-1-3-5-11;1-3-6-8(5)7-4-2;1-4(2,3)5;;;/h5-12H,3-4,13H2,1-2H3;1-8H,9H2;3-4H2,1-2H3;1-3H3;2*1H4;/q;;+1;-1;;;+1. The molecule has 4 aromatic carbocycles. The van der Waals surface area contributed by atoms with Gasteiger partial charge in [-0.25, -0.2) is 8.78 Å². The van der Waals surface area contributed by atoms with Crippen molar-refractivity contribution in [2.75, 3.05) is 26.4 Å². The summed E-state index contributed by atoms with van der Waals surface area (Å²) in [5.41, 5.74) is 0.856. The fraction of sp³-hybridized carbons (Fsp3) is 0.400. The van der Waals surface area contributed by atoms with Gasteiger partial charge in [0, 0.05) is 9.90 Å². The van der Waals surface area contributed by atoms with Crippen LogP contribution in [-0.2, 0) is 38.7 Å². The molecular formula is C40H57BrF2NaO9P2+. The van der Waals surface area contributed by atoms with E-state index in [1.807, 2.05) is 24.3 Å². The molecule has 0 N–H and O–H groups in total. The van der Waals surface area contributed by atoms with Crippen molar-refractivity contribution < 1.29 is 80.1 Å². The van der Waals surface area contributed by atoms with Gasteiger partial charge in [0.05, 0.1) is 19.4 Å². The van der Waals surface area contributed by atoms with Gasteiger partial charge in [0.2, 0.25) is 0 Å². The van der Waals surface area contributed by atoms with Gasteiger partial charge in [-0.05, 0) is 87.4 Å². The Morgan fingerprint density at radius 1 is 0.673 bits per heavy atom. The maximum absolute atomic E-state index is 13.9. The predicted octanol–water partition coefficient (Wildman–Crippen LogP) is 10.0. The summed E-state index contributed by atoms with van der Waals surface area (Å²) in [5.74, 6) is 0.652. The third kappa shape index (κ3) is 27.3. The summed E-state index contributed by atoms with van der Waals surface area (Å²) >= 11 is 3.32. The third-order valence-corrected chi connectivity index (χ3v) is 9.23. The van der Waals surface area contributed by atoms with Crippen LogP contribution < -0.4 is 44.1 Å². The minimum atomic E-state index is -3.24. The van der Waals surface area contributed by atoms with Crippen LogP contribution in [0.5, 0.6) is 23.0 Å². The number of alkyl halides is 1. The second-order valence-electron chi connectivity index (χ2n) is 11.3.